The van der Waals surface area contributed by atoms with Crippen molar-refractivity contribution in [1.82, 2.24) is 14.7 Å². The summed E-state index contributed by atoms with van der Waals surface area (Å²) >= 11 is 0. The van der Waals surface area contributed by atoms with Crippen LogP contribution in [0.3, 0.4) is 0 Å². The Morgan fingerprint density at radius 3 is 2.30 bits per heavy atom. The molecule has 0 unspecified atom stereocenters. The molecule has 2 fully saturated rings. The van der Waals surface area contributed by atoms with Crippen molar-refractivity contribution < 1.29 is 29.0 Å². The molecule has 2 saturated heterocycles. The number of carboxylic acid groups (broad SMARTS) is 1. The van der Waals surface area contributed by atoms with Crippen LogP contribution < -0.4 is 0 Å². The maximum Gasteiger partial charge on any atom is 0.410 e. The molecule has 0 spiro atoms. The van der Waals surface area contributed by atoms with E-state index in [-0.39, 0.29) is 31.3 Å². The molecule has 9 heteroatoms. The molecule has 2 heterocycles. The third kappa shape index (κ3) is 6.83. The summed E-state index contributed by atoms with van der Waals surface area (Å²) in [7, 11) is 0. The van der Waals surface area contributed by atoms with E-state index in [9.17, 15) is 19.5 Å². The largest absolute Gasteiger partial charge is 0.481 e. The fraction of sp³-hybridized carbons (Fsp3) is 0.625. The summed E-state index contributed by atoms with van der Waals surface area (Å²) in [6.07, 6.45) is -0.392. The second kappa shape index (κ2) is 10.4. The highest BCUT2D eigenvalue weighted by molar-refractivity contribution is 5.73. The third-order valence-electron chi connectivity index (χ3n) is 6.04. The topological polar surface area (TPSA) is 99.6 Å². The predicted octanol–water partition coefficient (Wildman–Crippen LogP) is 3.04. The van der Waals surface area contributed by atoms with Gasteiger partial charge in [-0.15, -0.1) is 0 Å². The van der Waals surface area contributed by atoms with Gasteiger partial charge in [-0.25, -0.2) is 9.59 Å². The van der Waals surface area contributed by atoms with Crippen molar-refractivity contribution in [2.75, 3.05) is 32.7 Å². The molecule has 1 N–H and O–H groups in total. The van der Waals surface area contributed by atoms with Gasteiger partial charge >= 0.3 is 18.2 Å². The van der Waals surface area contributed by atoms with Gasteiger partial charge in [0.1, 0.15) is 12.2 Å². The van der Waals surface area contributed by atoms with Gasteiger partial charge in [0, 0.05) is 44.8 Å². The van der Waals surface area contributed by atoms with Crippen LogP contribution in [0.15, 0.2) is 30.3 Å². The summed E-state index contributed by atoms with van der Waals surface area (Å²) in [5.41, 5.74) is 0.317. The summed E-state index contributed by atoms with van der Waals surface area (Å²) < 4.78 is 10.9. The van der Waals surface area contributed by atoms with Crippen LogP contribution >= 0.6 is 0 Å². The third-order valence-corrected chi connectivity index (χ3v) is 6.04. The number of hydrogen-bond donors (Lipinski definition) is 1. The van der Waals surface area contributed by atoms with Gasteiger partial charge in [-0.1, -0.05) is 30.3 Å². The highest BCUT2D eigenvalue weighted by atomic mass is 16.6. The Bertz CT molecular complexity index is 840. The Morgan fingerprint density at radius 2 is 1.70 bits per heavy atom. The number of rotatable bonds is 4. The predicted molar refractivity (Wildman–Crippen MR) is 122 cm³/mol. The molecule has 33 heavy (non-hydrogen) atoms. The fourth-order valence-corrected chi connectivity index (χ4v) is 4.46. The van der Waals surface area contributed by atoms with Gasteiger partial charge in [0.05, 0.1) is 5.92 Å². The zero-order valence-corrected chi connectivity index (χ0v) is 19.9. The van der Waals surface area contributed by atoms with Crippen molar-refractivity contribution in [3.05, 3.63) is 35.9 Å². The van der Waals surface area contributed by atoms with Crippen LogP contribution in [0, 0.1) is 5.92 Å². The highest BCUT2D eigenvalue weighted by Crippen LogP contribution is 2.26. The van der Waals surface area contributed by atoms with Crippen LogP contribution in [-0.4, -0.2) is 88.4 Å². The van der Waals surface area contributed by atoms with Gasteiger partial charge in [0.25, 0.3) is 0 Å². The van der Waals surface area contributed by atoms with Crippen LogP contribution in [0.4, 0.5) is 9.59 Å². The molecule has 0 saturated carbocycles. The maximum absolute atomic E-state index is 12.7. The highest BCUT2D eigenvalue weighted by Gasteiger charge is 2.40. The number of piperidine rings is 1. The van der Waals surface area contributed by atoms with Crippen LogP contribution in [0.1, 0.15) is 39.7 Å². The Balaban J connectivity index is 1.62. The van der Waals surface area contributed by atoms with E-state index < -0.39 is 23.6 Å². The second-order valence-electron chi connectivity index (χ2n) is 9.88. The average Bonchev–Trinajstić information content (AvgIpc) is 2.76. The zero-order valence-electron chi connectivity index (χ0n) is 19.9. The summed E-state index contributed by atoms with van der Waals surface area (Å²) in [5, 5.41) is 9.68. The minimum atomic E-state index is -0.916. The van der Waals surface area contributed by atoms with E-state index in [0.717, 1.165) is 5.56 Å². The van der Waals surface area contributed by atoms with Gasteiger partial charge < -0.3 is 24.4 Å². The van der Waals surface area contributed by atoms with E-state index in [1.54, 1.807) is 4.90 Å². The number of benzene rings is 1. The summed E-state index contributed by atoms with van der Waals surface area (Å²) in [6, 6.07) is 9.27. The monoisotopic (exact) mass is 461 g/mol. The maximum atomic E-state index is 12.7. The van der Waals surface area contributed by atoms with Crippen LogP contribution in [0.5, 0.6) is 0 Å². The molecule has 0 bridgehead atoms. The molecule has 2 aliphatic heterocycles. The number of amides is 2. The number of likely N-dealkylation sites (tertiary alicyclic amines) is 1. The average molecular weight is 462 g/mol. The van der Waals surface area contributed by atoms with Crippen LogP contribution in [0.25, 0.3) is 0 Å². The van der Waals surface area contributed by atoms with Crippen molar-refractivity contribution in [2.24, 2.45) is 5.92 Å². The molecule has 9 nitrogen and oxygen atoms in total. The molecule has 1 aromatic carbocycles. The van der Waals surface area contributed by atoms with Gasteiger partial charge in [-0.05, 0) is 39.7 Å². The Morgan fingerprint density at radius 1 is 1.00 bits per heavy atom. The Kier molecular flexibility index (Phi) is 7.84. The number of piperazine rings is 1. The number of ether oxygens (including phenoxy) is 2. The SMILES string of the molecule is C[C@H]1CN(C(=O)OC(C)(C)C)CCN1[C@@H]1C[C@H](C(=O)O)CN(C(=O)OCc2ccccc2)C1. The molecule has 0 aromatic heterocycles. The van der Waals surface area contributed by atoms with E-state index in [1.807, 2.05) is 58.0 Å². The summed E-state index contributed by atoms with van der Waals surface area (Å²) in [4.78, 5) is 42.4. The number of carbonyl (C=O) groups is 3. The molecule has 0 aliphatic carbocycles. The minimum absolute atomic E-state index is 0.00556. The van der Waals surface area contributed by atoms with Crippen LogP contribution in [0.2, 0.25) is 0 Å². The zero-order chi connectivity index (χ0) is 24.2. The van der Waals surface area contributed by atoms with Crippen LogP contribution in [-0.2, 0) is 20.9 Å². The number of aliphatic carboxylic acids is 1. The molecule has 0 radical (unpaired) electrons. The lowest BCUT2D eigenvalue weighted by Gasteiger charge is -2.47. The molecule has 182 valence electrons. The summed E-state index contributed by atoms with van der Waals surface area (Å²) in [5.74, 6) is -1.58. The van der Waals surface area contributed by atoms with Crippen molar-refractivity contribution in [2.45, 2.75) is 58.4 Å². The van der Waals surface area contributed by atoms with E-state index in [2.05, 4.69) is 4.90 Å². The van der Waals surface area contributed by atoms with Crippen molar-refractivity contribution in [3.8, 4) is 0 Å². The van der Waals surface area contributed by atoms with Gasteiger partial charge in [0.2, 0.25) is 0 Å². The number of nitrogens with zero attached hydrogens (tertiary/aromatic N) is 3. The first kappa shape index (κ1) is 24.8. The van der Waals surface area contributed by atoms with E-state index in [4.69, 9.17) is 9.47 Å². The van der Waals surface area contributed by atoms with Gasteiger partial charge in [-0.3, -0.25) is 9.69 Å². The minimum Gasteiger partial charge on any atom is -0.481 e. The first-order valence-corrected chi connectivity index (χ1v) is 11.5. The molecule has 2 aliphatic rings. The second-order valence-corrected chi connectivity index (χ2v) is 9.88. The Labute approximate surface area is 195 Å². The Hall–Kier alpha value is -2.81. The quantitative estimate of drug-likeness (QED) is 0.736. The van der Waals surface area contributed by atoms with E-state index in [1.165, 1.54) is 4.90 Å². The lowest BCUT2D eigenvalue weighted by Crippen LogP contribution is -2.62. The van der Waals surface area contributed by atoms with E-state index >= 15 is 0 Å². The molecule has 2 amide bonds. The smallest absolute Gasteiger partial charge is 0.410 e. The number of carbonyl (C=O) groups excluding carboxylic acids is 2. The van der Waals surface area contributed by atoms with Crippen molar-refractivity contribution >= 4 is 18.2 Å². The number of carboxylic acids is 1. The molecule has 3 atom stereocenters. The first-order chi connectivity index (χ1) is 15.5. The molecule has 1 aromatic rings. The lowest BCUT2D eigenvalue weighted by molar-refractivity contribution is -0.144. The normalized spacial score (nSPS) is 24.3. The van der Waals surface area contributed by atoms with Gasteiger partial charge in [-0.2, -0.15) is 0 Å². The standard InChI is InChI=1S/C24H35N3O6/c1-17-13-25(23(31)33-24(2,3)4)10-11-27(17)20-12-19(21(28)29)14-26(15-20)22(30)32-16-18-8-6-5-7-9-18/h5-9,17,19-20H,10-16H2,1-4H3,(H,28,29)/t17-,19-,20+/m0/s1. The molecular weight excluding hydrogens is 426 g/mol. The number of hydrogen-bond acceptors (Lipinski definition) is 6. The lowest BCUT2D eigenvalue weighted by atomic mass is 9.92. The van der Waals surface area contributed by atoms with E-state index in [0.29, 0.717) is 32.6 Å². The fourth-order valence-electron chi connectivity index (χ4n) is 4.46. The summed E-state index contributed by atoms with van der Waals surface area (Å²) in [6.45, 7) is 9.76. The molecular formula is C24H35N3O6. The van der Waals surface area contributed by atoms with Crippen molar-refractivity contribution in [3.63, 3.8) is 0 Å². The van der Waals surface area contributed by atoms with Gasteiger partial charge in [0.15, 0.2) is 0 Å². The molecule has 3 rings (SSSR count). The first-order valence-electron chi connectivity index (χ1n) is 11.5. The van der Waals surface area contributed by atoms with Crippen molar-refractivity contribution in [1.29, 1.82) is 0 Å².